The number of hydrogen-bond acceptors (Lipinski definition) is 3. The lowest BCUT2D eigenvalue weighted by molar-refractivity contribution is 0.415. The Morgan fingerprint density at radius 3 is 2.89 bits per heavy atom. The molecule has 0 bridgehead atoms. The molecular weight excluding hydrogens is 244 g/mol. The van der Waals surface area contributed by atoms with Crippen molar-refractivity contribution in [3.05, 3.63) is 41.3 Å². The van der Waals surface area contributed by atoms with Crippen LogP contribution in [0.25, 0.3) is 21.5 Å². The highest BCUT2D eigenvalue weighted by Crippen LogP contribution is 2.33. The zero-order chi connectivity index (χ0) is 12.5. The Morgan fingerprint density at radius 1 is 1.33 bits per heavy atom. The van der Waals surface area contributed by atoms with Crippen molar-refractivity contribution in [2.24, 2.45) is 0 Å². The van der Waals surface area contributed by atoms with Crippen LogP contribution in [0.4, 0.5) is 0 Å². The van der Waals surface area contributed by atoms with Crippen molar-refractivity contribution in [2.75, 3.05) is 7.11 Å². The number of nitrogens with one attached hydrogen (secondary N) is 1. The number of aromatic amines is 1. The van der Waals surface area contributed by atoms with Crippen LogP contribution in [0.1, 0.15) is 5.56 Å². The van der Waals surface area contributed by atoms with E-state index in [0.717, 1.165) is 27.2 Å². The maximum Gasteiger partial charge on any atom is 0.119 e. The fourth-order valence-electron chi connectivity index (χ4n) is 2.02. The van der Waals surface area contributed by atoms with Crippen LogP contribution >= 0.6 is 11.3 Å². The van der Waals surface area contributed by atoms with Gasteiger partial charge < -0.3 is 9.72 Å². The molecule has 0 aliphatic carbocycles. The van der Waals surface area contributed by atoms with E-state index in [4.69, 9.17) is 4.74 Å². The van der Waals surface area contributed by atoms with Gasteiger partial charge in [0, 0.05) is 10.9 Å². The van der Waals surface area contributed by atoms with Crippen LogP contribution < -0.4 is 4.74 Å². The van der Waals surface area contributed by atoms with Gasteiger partial charge in [0.15, 0.2) is 0 Å². The van der Waals surface area contributed by atoms with E-state index in [0.29, 0.717) is 5.56 Å². The van der Waals surface area contributed by atoms with Gasteiger partial charge in [0.05, 0.1) is 23.2 Å². The minimum Gasteiger partial charge on any atom is -0.497 e. The summed E-state index contributed by atoms with van der Waals surface area (Å²) in [6.45, 7) is 0. The van der Waals surface area contributed by atoms with Crippen molar-refractivity contribution >= 4 is 22.2 Å². The third-order valence-corrected chi connectivity index (χ3v) is 3.77. The van der Waals surface area contributed by atoms with Crippen LogP contribution in [0, 0.1) is 11.3 Å². The van der Waals surface area contributed by atoms with Crippen LogP contribution in [-0.2, 0) is 0 Å². The number of fused-ring (bicyclic) bond motifs is 1. The van der Waals surface area contributed by atoms with Gasteiger partial charge in [-0.05, 0) is 29.6 Å². The summed E-state index contributed by atoms with van der Waals surface area (Å²) in [5.74, 6) is 0.760. The van der Waals surface area contributed by atoms with Gasteiger partial charge in [0.25, 0.3) is 0 Å². The molecular formula is C14H10N2OS. The summed E-state index contributed by atoms with van der Waals surface area (Å²) in [5, 5.41) is 12.3. The maximum atomic E-state index is 9.36. The maximum absolute atomic E-state index is 9.36. The van der Waals surface area contributed by atoms with Crippen LogP contribution in [0.5, 0.6) is 5.75 Å². The summed E-state index contributed by atoms with van der Waals surface area (Å²) in [6.07, 6.45) is 0. The summed E-state index contributed by atoms with van der Waals surface area (Å²) in [5.41, 5.74) is 2.51. The molecule has 3 rings (SSSR count). The Bertz CT molecular complexity index is 735. The van der Waals surface area contributed by atoms with Crippen molar-refractivity contribution in [3.63, 3.8) is 0 Å². The molecule has 3 aromatic rings. The highest BCUT2D eigenvalue weighted by Gasteiger charge is 2.14. The molecule has 0 radical (unpaired) electrons. The van der Waals surface area contributed by atoms with Gasteiger partial charge in [0.1, 0.15) is 11.8 Å². The van der Waals surface area contributed by atoms with Gasteiger partial charge >= 0.3 is 0 Å². The third kappa shape index (κ3) is 1.57. The third-order valence-electron chi connectivity index (χ3n) is 2.89. The second-order valence-corrected chi connectivity index (χ2v) is 4.82. The number of methoxy groups -OCH3 is 1. The molecule has 0 amide bonds. The molecule has 0 atom stereocenters. The predicted molar refractivity (Wildman–Crippen MR) is 72.9 cm³/mol. The Kier molecular flexibility index (Phi) is 2.54. The monoisotopic (exact) mass is 254 g/mol. The fraction of sp³-hybridized carbons (Fsp3) is 0.0714. The highest BCUT2D eigenvalue weighted by molar-refractivity contribution is 7.13. The van der Waals surface area contributed by atoms with Crippen molar-refractivity contribution < 1.29 is 4.74 Å². The molecule has 0 unspecified atom stereocenters. The predicted octanol–water partition coefficient (Wildman–Crippen LogP) is 3.78. The molecule has 88 valence electrons. The minimum atomic E-state index is 0.673. The van der Waals surface area contributed by atoms with E-state index in [2.05, 4.69) is 11.1 Å². The summed E-state index contributed by atoms with van der Waals surface area (Å²) >= 11 is 1.62. The molecule has 2 aromatic heterocycles. The molecule has 4 heteroatoms. The number of benzene rings is 1. The number of nitriles is 1. The van der Waals surface area contributed by atoms with Crippen LogP contribution in [0.3, 0.4) is 0 Å². The second kappa shape index (κ2) is 4.21. The molecule has 0 aliphatic rings. The van der Waals surface area contributed by atoms with Gasteiger partial charge in [-0.15, -0.1) is 11.3 Å². The smallest absolute Gasteiger partial charge is 0.119 e. The first kappa shape index (κ1) is 10.9. The summed E-state index contributed by atoms with van der Waals surface area (Å²) in [7, 11) is 1.63. The molecule has 0 spiro atoms. The number of ether oxygens (including phenoxy) is 1. The lowest BCUT2D eigenvalue weighted by atomic mass is 10.1. The molecule has 1 N–H and O–H groups in total. The summed E-state index contributed by atoms with van der Waals surface area (Å²) < 4.78 is 5.20. The van der Waals surface area contributed by atoms with E-state index in [-0.39, 0.29) is 0 Å². The number of nitrogens with zero attached hydrogens (tertiary/aromatic N) is 1. The van der Waals surface area contributed by atoms with Crippen LogP contribution in [0.2, 0.25) is 0 Å². The number of thiophene rings is 1. The Labute approximate surface area is 108 Å². The van der Waals surface area contributed by atoms with Gasteiger partial charge in [-0.3, -0.25) is 0 Å². The number of rotatable bonds is 2. The molecule has 3 nitrogen and oxygen atoms in total. The summed E-state index contributed by atoms with van der Waals surface area (Å²) in [6, 6.07) is 12.0. The topological polar surface area (TPSA) is 48.8 Å². The lowest BCUT2D eigenvalue weighted by Gasteiger charge is -1.98. The molecule has 0 saturated carbocycles. The van der Waals surface area contributed by atoms with E-state index in [1.807, 2.05) is 35.7 Å². The molecule has 2 heterocycles. The van der Waals surface area contributed by atoms with E-state index in [1.165, 1.54) is 0 Å². The van der Waals surface area contributed by atoms with Crippen molar-refractivity contribution in [3.8, 4) is 22.4 Å². The molecule has 1 aromatic carbocycles. The average molecular weight is 254 g/mol. The first-order valence-electron chi connectivity index (χ1n) is 5.47. The lowest BCUT2D eigenvalue weighted by Crippen LogP contribution is -1.81. The first-order valence-corrected chi connectivity index (χ1v) is 6.35. The highest BCUT2D eigenvalue weighted by atomic mass is 32.1. The van der Waals surface area contributed by atoms with Crippen molar-refractivity contribution in [2.45, 2.75) is 0 Å². The fourth-order valence-corrected chi connectivity index (χ4v) is 2.75. The van der Waals surface area contributed by atoms with Gasteiger partial charge in [-0.1, -0.05) is 6.07 Å². The molecule has 0 fully saturated rings. The van der Waals surface area contributed by atoms with Gasteiger partial charge in [-0.25, -0.2) is 0 Å². The van der Waals surface area contributed by atoms with Gasteiger partial charge in [0.2, 0.25) is 0 Å². The molecule has 18 heavy (non-hydrogen) atoms. The first-order chi connectivity index (χ1) is 8.83. The Balaban J connectivity index is 2.31. The summed E-state index contributed by atoms with van der Waals surface area (Å²) in [4.78, 5) is 4.37. The quantitative estimate of drug-likeness (QED) is 0.756. The van der Waals surface area contributed by atoms with Crippen molar-refractivity contribution in [1.29, 1.82) is 5.26 Å². The SMILES string of the molecule is COc1ccc2[nH]c(-c3cccs3)c(C#N)c2c1. The molecule has 0 saturated heterocycles. The average Bonchev–Trinajstić information content (AvgIpc) is 3.04. The van der Waals surface area contributed by atoms with E-state index in [1.54, 1.807) is 18.4 Å². The Hall–Kier alpha value is -2.25. The number of hydrogen-bond donors (Lipinski definition) is 1. The standard InChI is InChI=1S/C14H10N2OS/c1-17-9-4-5-12-10(7-9)11(8-15)14(16-12)13-3-2-6-18-13/h2-7,16H,1H3. The van der Waals surface area contributed by atoms with E-state index in [9.17, 15) is 5.26 Å². The molecule has 0 aliphatic heterocycles. The second-order valence-electron chi connectivity index (χ2n) is 3.88. The number of H-pyrrole nitrogens is 1. The van der Waals surface area contributed by atoms with Crippen LogP contribution in [0.15, 0.2) is 35.7 Å². The van der Waals surface area contributed by atoms with E-state index < -0.39 is 0 Å². The van der Waals surface area contributed by atoms with E-state index >= 15 is 0 Å². The van der Waals surface area contributed by atoms with Gasteiger partial charge in [-0.2, -0.15) is 5.26 Å². The Morgan fingerprint density at radius 2 is 2.22 bits per heavy atom. The normalized spacial score (nSPS) is 10.4. The number of aromatic nitrogens is 1. The largest absolute Gasteiger partial charge is 0.497 e. The zero-order valence-electron chi connectivity index (χ0n) is 9.73. The van der Waals surface area contributed by atoms with Crippen molar-refractivity contribution in [1.82, 2.24) is 4.98 Å². The minimum absolute atomic E-state index is 0.673. The van der Waals surface area contributed by atoms with Crippen LogP contribution in [-0.4, -0.2) is 12.1 Å². The zero-order valence-corrected chi connectivity index (χ0v) is 10.5.